The van der Waals surface area contributed by atoms with E-state index < -0.39 is 23.6 Å². The van der Waals surface area contributed by atoms with Gasteiger partial charge in [-0.05, 0) is 57.9 Å². The summed E-state index contributed by atoms with van der Waals surface area (Å²) in [7, 11) is 3.07. The molecule has 6 heteroatoms. The summed E-state index contributed by atoms with van der Waals surface area (Å²) >= 11 is 0. The number of hydrogen-bond acceptors (Lipinski definition) is 5. The van der Waals surface area contributed by atoms with Crippen LogP contribution < -0.4 is 0 Å². The van der Waals surface area contributed by atoms with Gasteiger partial charge in [0.25, 0.3) is 0 Å². The molecule has 0 bridgehead atoms. The smallest absolute Gasteiger partial charge is 0.306 e. The van der Waals surface area contributed by atoms with Gasteiger partial charge in [-0.15, -0.1) is 0 Å². The molecule has 0 aromatic carbocycles. The summed E-state index contributed by atoms with van der Waals surface area (Å²) in [5.41, 5.74) is 1.29. The van der Waals surface area contributed by atoms with E-state index in [1.54, 1.807) is 21.0 Å². The number of allylic oxidation sites excluding steroid dienone is 2. The Morgan fingerprint density at radius 3 is 2.16 bits per heavy atom. The summed E-state index contributed by atoms with van der Waals surface area (Å²) in [4.78, 5) is 24.4. The number of hydrogen-bond donors (Lipinski definition) is 2. The fraction of sp³-hybridized carbons (Fsp3) is 0.769. The van der Waals surface area contributed by atoms with Crippen LogP contribution in [0.1, 0.15) is 80.6 Å². The first-order chi connectivity index (χ1) is 14.8. The maximum Gasteiger partial charge on any atom is 0.306 e. The van der Waals surface area contributed by atoms with Gasteiger partial charge in [0, 0.05) is 20.1 Å². The Bertz CT molecular complexity index is 649. The molecule has 0 aromatic rings. The molecule has 0 aromatic heterocycles. The van der Waals surface area contributed by atoms with Crippen LogP contribution in [0.3, 0.4) is 0 Å². The lowest BCUT2D eigenvalue weighted by Gasteiger charge is -2.36. The SMILES string of the molecule is C/C=C(\C)C(O)CC=C(C)CCCC(C)C(OC)C(C)C(=O)C(C)(C)C(CC(=O)O)OC. The first-order valence-corrected chi connectivity index (χ1v) is 11.6. The quantitative estimate of drug-likeness (QED) is 0.312. The Balaban J connectivity index is 4.97. The van der Waals surface area contributed by atoms with Crippen LogP contribution in [0.25, 0.3) is 0 Å². The molecule has 0 aliphatic rings. The summed E-state index contributed by atoms with van der Waals surface area (Å²) < 4.78 is 11.1. The lowest BCUT2D eigenvalue weighted by atomic mass is 9.72. The average Bonchev–Trinajstić information content (AvgIpc) is 2.74. The number of carboxylic acids is 1. The number of carbonyl (C=O) groups is 2. The highest BCUT2D eigenvalue weighted by molar-refractivity contribution is 5.87. The molecule has 5 atom stereocenters. The van der Waals surface area contributed by atoms with Gasteiger partial charge in [-0.2, -0.15) is 0 Å². The third-order valence-corrected chi connectivity index (χ3v) is 6.73. The topological polar surface area (TPSA) is 93.1 Å². The minimum absolute atomic E-state index is 0.0475. The zero-order valence-corrected chi connectivity index (χ0v) is 21.6. The van der Waals surface area contributed by atoms with E-state index in [-0.39, 0.29) is 30.1 Å². The van der Waals surface area contributed by atoms with Crippen molar-refractivity contribution in [2.75, 3.05) is 14.2 Å². The second kappa shape index (κ2) is 14.6. The van der Waals surface area contributed by atoms with Crippen LogP contribution in [0.15, 0.2) is 23.3 Å². The molecule has 0 spiro atoms. The summed E-state index contributed by atoms with van der Waals surface area (Å²) in [5, 5.41) is 19.2. The average molecular weight is 455 g/mol. The van der Waals surface area contributed by atoms with Gasteiger partial charge in [0.1, 0.15) is 5.78 Å². The van der Waals surface area contributed by atoms with E-state index >= 15 is 0 Å². The van der Waals surface area contributed by atoms with E-state index in [0.717, 1.165) is 24.8 Å². The van der Waals surface area contributed by atoms with Crippen molar-refractivity contribution in [2.24, 2.45) is 17.3 Å². The normalized spacial score (nSPS) is 18.1. The lowest BCUT2D eigenvalue weighted by molar-refractivity contribution is -0.150. The molecule has 0 aliphatic heterocycles. The summed E-state index contributed by atoms with van der Waals surface area (Å²) in [5.74, 6) is -1.25. The van der Waals surface area contributed by atoms with Crippen LogP contribution in [0.2, 0.25) is 0 Å². The summed E-state index contributed by atoms with van der Waals surface area (Å²) in [6.45, 7) is 13.4. The second-order valence-corrected chi connectivity index (χ2v) is 9.60. The van der Waals surface area contributed by atoms with Crippen LogP contribution in [0, 0.1) is 17.3 Å². The van der Waals surface area contributed by atoms with E-state index in [1.807, 2.05) is 26.8 Å². The fourth-order valence-corrected chi connectivity index (χ4v) is 4.28. The Morgan fingerprint density at radius 2 is 1.69 bits per heavy atom. The van der Waals surface area contributed by atoms with Gasteiger partial charge >= 0.3 is 5.97 Å². The number of carboxylic acid groups (broad SMARTS) is 1. The first kappa shape index (κ1) is 30.5. The maximum absolute atomic E-state index is 13.3. The Labute approximate surface area is 195 Å². The number of ketones is 1. The molecule has 0 aliphatic carbocycles. The van der Waals surface area contributed by atoms with Gasteiger partial charge in [0.05, 0.1) is 30.1 Å². The Hall–Kier alpha value is -1.50. The zero-order chi connectivity index (χ0) is 25.1. The molecule has 0 heterocycles. The monoisotopic (exact) mass is 454 g/mol. The molecule has 0 amide bonds. The number of aliphatic hydroxyl groups excluding tert-OH is 1. The Kier molecular flexibility index (Phi) is 13.9. The highest BCUT2D eigenvalue weighted by atomic mass is 16.5. The lowest BCUT2D eigenvalue weighted by Crippen LogP contribution is -2.46. The molecule has 5 unspecified atom stereocenters. The van der Waals surface area contributed by atoms with Crippen LogP contribution in [-0.2, 0) is 19.1 Å². The molecule has 6 nitrogen and oxygen atoms in total. The van der Waals surface area contributed by atoms with Gasteiger partial charge in [-0.25, -0.2) is 0 Å². The van der Waals surface area contributed by atoms with Crippen molar-refractivity contribution in [1.82, 2.24) is 0 Å². The molecule has 0 rings (SSSR count). The first-order valence-electron chi connectivity index (χ1n) is 11.6. The highest BCUT2D eigenvalue weighted by Crippen LogP contribution is 2.34. The number of methoxy groups -OCH3 is 2. The minimum atomic E-state index is -0.987. The van der Waals surface area contributed by atoms with Crippen molar-refractivity contribution < 1.29 is 29.3 Å². The van der Waals surface area contributed by atoms with E-state index in [9.17, 15) is 14.7 Å². The number of rotatable bonds is 16. The van der Waals surface area contributed by atoms with Crippen molar-refractivity contribution >= 4 is 11.8 Å². The van der Waals surface area contributed by atoms with Gasteiger partial charge in [-0.1, -0.05) is 45.4 Å². The van der Waals surface area contributed by atoms with E-state index in [2.05, 4.69) is 19.9 Å². The number of aliphatic carboxylic acids is 1. The van der Waals surface area contributed by atoms with Crippen LogP contribution in [-0.4, -0.2) is 54.5 Å². The predicted octanol–water partition coefficient (Wildman–Crippen LogP) is 5.19. The molecule has 0 radical (unpaired) electrons. The predicted molar refractivity (Wildman–Crippen MR) is 129 cm³/mol. The minimum Gasteiger partial charge on any atom is -0.481 e. The number of Topliss-reactive ketones (excluding diaryl/α,β-unsaturated/α-hetero) is 1. The maximum atomic E-state index is 13.3. The van der Waals surface area contributed by atoms with Gasteiger partial charge in [0.15, 0.2) is 0 Å². The summed E-state index contributed by atoms with van der Waals surface area (Å²) in [6, 6.07) is 0. The van der Waals surface area contributed by atoms with Crippen molar-refractivity contribution in [3.8, 4) is 0 Å². The third-order valence-electron chi connectivity index (χ3n) is 6.73. The molecule has 2 N–H and O–H groups in total. The van der Waals surface area contributed by atoms with E-state index in [0.29, 0.717) is 6.42 Å². The van der Waals surface area contributed by atoms with E-state index in [1.165, 1.54) is 12.7 Å². The molecular formula is C26H46O6. The van der Waals surface area contributed by atoms with Gasteiger partial charge in [0.2, 0.25) is 0 Å². The summed E-state index contributed by atoms with van der Waals surface area (Å²) in [6.07, 6.45) is 5.84. The van der Waals surface area contributed by atoms with Crippen LogP contribution in [0.4, 0.5) is 0 Å². The molecule has 0 fully saturated rings. The second-order valence-electron chi connectivity index (χ2n) is 9.60. The number of ether oxygens (including phenoxy) is 2. The fourth-order valence-electron chi connectivity index (χ4n) is 4.28. The largest absolute Gasteiger partial charge is 0.481 e. The highest BCUT2D eigenvalue weighted by Gasteiger charge is 2.43. The zero-order valence-electron chi connectivity index (χ0n) is 21.6. The van der Waals surface area contributed by atoms with Crippen LogP contribution >= 0.6 is 0 Å². The molecular weight excluding hydrogens is 408 g/mol. The standard InChI is InChI=1S/C26H46O6/c1-10-18(3)21(27)15-14-17(2)12-11-13-19(4)24(32-9)20(5)25(30)26(6,7)22(31-8)16-23(28)29/h10,14,19-22,24,27H,11-13,15-16H2,1-9H3,(H,28,29)/b17-14?,18-10+. The molecule has 186 valence electrons. The molecule has 32 heavy (non-hydrogen) atoms. The number of carbonyl (C=O) groups excluding carboxylic acids is 1. The van der Waals surface area contributed by atoms with Gasteiger partial charge in [-0.3, -0.25) is 9.59 Å². The Morgan fingerprint density at radius 1 is 1.09 bits per heavy atom. The number of aliphatic hydroxyl groups is 1. The van der Waals surface area contributed by atoms with Crippen molar-refractivity contribution in [2.45, 2.75) is 98.9 Å². The third kappa shape index (κ3) is 9.55. The van der Waals surface area contributed by atoms with Crippen LogP contribution in [0.5, 0.6) is 0 Å². The molecule has 0 saturated heterocycles. The van der Waals surface area contributed by atoms with Crippen molar-refractivity contribution in [3.63, 3.8) is 0 Å². The van der Waals surface area contributed by atoms with E-state index in [4.69, 9.17) is 14.6 Å². The van der Waals surface area contributed by atoms with Crippen molar-refractivity contribution in [3.05, 3.63) is 23.3 Å². The van der Waals surface area contributed by atoms with Crippen molar-refractivity contribution in [1.29, 1.82) is 0 Å². The van der Waals surface area contributed by atoms with Gasteiger partial charge < -0.3 is 19.7 Å². The molecule has 0 saturated carbocycles.